The Hall–Kier alpha value is -2.02. The summed E-state index contributed by atoms with van der Waals surface area (Å²) in [6.07, 6.45) is 1.83. The zero-order valence-corrected chi connectivity index (χ0v) is 15.7. The monoisotopic (exact) mass is 387 g/mol. The third kappa shape index (κ3) is 3.87. The van der Waals surface area contributed by atoms with Crippen LogP contribution in [0.3, 0.4) is 0 Å². The second kappa shape index (κ2) is 7.70. The van der Waals surface area contributed by atoms with Crippen LogP contribution in [0.1, 0.15) is 35.0 Å². The first kappa shape index (κ1) is 17.4. The number of ketones is 1. The highest BCUT2D eigenvalue weighted by Gasteiger charge is 2.26. The van der Waals surface area contributed by atoms with E-state index in [-0.39, 0.29) is 11.7 Å². The largest absolute Gasteiger partial charge is 0.420 e. The van der Waals surface area contributed by atoms with Gasteiger partial charge in [0.05, 0.1) is 6.54 Å². The molecular formula is C19H18ClN3O2S. The van der Waals surface area contributed by atoms with E-state index in [0.717, 1.165) is 31.5 Å². The maximum Gasteiger partial charge on any atom is 0.248 e. The van der Waals surface area contributed by atoms with Crippen LogP contribution < -0.4 is 0 Å². The summed E-state index contributed by atoms with van der Waals surface area (Å²) < 4.78 is 5.85. The molecule has 0 spiro atoms. The summed E-state index contributed by atoms with van der Waals surface area (Å²) in [5.41, 5.74) is 1.67. The minimum atomic E-state index is 0.123. The molecule has 1 fully saturated rings. The highest BCUT2D eigenvalue weighted by Crippen LogP contribution is 2.30. The average molecular weight is 388 g/mol. The van der Waals surface area contributed by atoms with E-state index in [9.17, 15) is 4.79 Å². The van der Waals surface area contributed by atoms with Gasteiger partial charge >= 0.3 is 0 Å². The third-order valence-corrected chi connectivity index (χ3v) is 5.61. The van der Waals surface area contributed by atoms with Crippen LogP contribution in [0.15, 0.2) is 45.5 Å². The van der Waals surface area contributed by atoms with Crippen molar-refractivity contribution in [3.05, 3.63) is 57.6 Å². The average Bonchev–Trinajstić information content (AvgIpc) is 3.34. The number of aromatic nitrogens is 2. The van der Waals surface area contributed by atoms with E-state index in [1.165, 1.54) is 0 Å². The number of hydrogen-bond donors (Lipinski definition) is 0. The number of thiophene rings is 1. The lowest BCUT2D eigenvalue weighted by Crippen LogP contribution is -2.36. The Morgan fingerprint density at radius 1 is 1.19 bits per heavy atom. The van der Waals surface area contributed by atoms with E-state index in [0.29, 0.717) is 28.9 Å². The fraction of sp³-hybridized carbons (Fsp3) is 0.316. The zero-order chi connectivity index (χ0) is 17.9. The second-order valence-electron chi connectivity index (χ2n) is 6.44. The third-order valence-electron chi connectivity index (χ3n) is 4.68. The Morgan fingerprint density at radius 2 is 1.96 bits per heavy atom. The van der Waals surface area contributed by atoms with E-state index in [1.807, 2.05) is 16.8 Å². The predicted octanol–water partition coefficient (Wildman–Crippen LogP) is 4.51. The van der Waals surface area contributed by atoms with Gasteiger partial charge in [0.1, 0.15) is 0 Å². The van der Waals surface area contributed by atoms with Crippen LogP contribution in [0.5, 0.6) is 0 Å². The normalized spacial score (nSPS) is 16.0. The van der Waals surface area contributed by atoms with Crippen LogP contribution >= 0.6 is 22.9 Å². The summed E-state index contributed by atoms with van der Waals surface area (Å²) in [5, 5.41) is 13.0. The lowest BCUT2D eigenvalue weighted by Gasteiger charge is -2.29. The van der Waals surface area contributed by atoms with Crippen molar-refractivity contribution in [2.45, 2.75) is 18.8 Å². The number of halogens is 1. The summed E-state index contributed by atoms with van der Waals surface area (Å²) in [5.74, 6) is 1.67. The minimum absolute atomic E-state index is 0.123. The number of piperidine rings is 1. The quantitative estimate of drug-likeness (QED) is 0.602. The molecule has 7 heteroatoms. The van der Waals surface area contributed by atoms with E-state index in [1.54, 1.807) is 35.6 Å². The molecule has 26 heavy (non-hydrogen) atoms. The molecule has 2 aromatic heterocycles. The number of hydrogen-bond acceptors (Lipinski definition) is 6. The number of rotatable bonds is 5. The molecule has 1 saturated heterocycles. The molecule has 0 N–H and O–H groups in total. The molecule has 1 aliphatic heterocycles. The Bertz CT molecular complexity index is 869. The SMILES string of the molecule is O=C(CN1CCC(c2nnc(-c3ccsc3)o2)CC1)c1ccc(Cl)cc1. The molecule has 3 aromatic rings. The van der Waals surface area contributed by atoms with Gasteiger partial charge in [0.2, 0.25) is 11.8 Å². The van der Waals surface area contributed by atoms with Crippen LogP contribution in [0, 0.1) is 0 Å². The molecule has 1 aliphatic rings. The number of benzene rings is 1. The summed E-state index contributed by atoms with van der Waals surface area (Å²) in [4.78, 5) is 14.6. The number of nitrogens with zero attached hydrogens (tertiary/aromatic N) is 3. The molecule has 5 nitrogen and oxygen atoms in total. The number of Topliss-reactive ketones (excluding diaryl/α,β-unsaturated/α-hetero) is 1. The van der Waals surface area contributed by atoms with Crippen molar-refractivity contribution in [2.75, 3.05) is 19.6 Å². The van der Waals surface area contributed by atoms with Crippen molar-refractivity contribution in [3.63, 3.8) is 0 Å². The van der Waals surface area contributed by atoms with Crippen molar-refractivity contribution in [1.82, 2.24) is 15.1 Å². The van der Waals surface area contributed by atoms with Crippen LogP contribution in [-0.4, -0.2) is 40.5 Å². The predicted molar refractivity (Wildman–Crippen MR) is 102 cm³/mol. The first-order valence-corrected chi connectivity index (χ1v) is 9.88. The molecule has 3 heterocycles. The molecule has 0 unspecified atom stereocenters. The van der Waals surface area contributed by atoms with Crippen molar-refractivity contribution in [3.8, 4) is 11.5 Å². The summed E-state index contributed by atoms with van der Waals surface area (Å²) >= 11 is 7.49. The molecule has 0 atom stereocenters. The van der Waals surface area contributed by atoms with Gasteiger partial charge in [-0.1, -0.05) is 11.6 Å². The first-order chi connectivity index (χ1) is 12.7. The Morgan fingerprint density at radius 3 is 2.65 bits per heavy atom. The Labute approximate surface area is 160 Å². The minimum Gasteiger partial charge on any atom is -0.420 e. The van der Waals surface area contributed by atoms with Gasteiger partial charge in [-0.2, -0.15) is 11.3 Å². The smallest absolute Gasteiger partial charge is 0.248 e. The highest BCUT2D eigenvalue weighted by molar-refractivity contribution is 7.08. The molecule has 0 saturated carbocycles. The molecule has 0 aliphatic carbocycles. The van der Waals surface area contributed by atoms with Crippen molar-refractivity contribution in [1.29, 1.82) is 0 Å². The van der Waals surface area contributed by atoms with E-state index < -0.39 is 0 Å². The van der Waals surface area contributed by atoms with Gasteiger partial charge in [-0.25, -0.2) is 0 Å². The van der Waals surface area contributed by atoms with Gasteiger partial charge in [-0.3, -0.25) is 9.69 Å². The van der Waals surface area contributed by atoms with Gasteiger partial charge in [-0.15, -0.1) is 10.2 Å². The van der Waals surface area contributed by atoms with Crippen molar-refractivity contribution >= 4 is 28.7 Å². The lowest BCUT2D eigenvalue weighted by atomic mass is 9.96. The molecule has 0 amide bonds. The van der Waals surface area contributed by atoms with Crippen molar-refractivity contribution < 1.29 is 9.21 Å². The number of carbonyl (C=O) groups excluding carboxylic acids is 1. The van der Waals surface area contributed by atoms with Gasteiger partial charge in [0.25, 0.3) is 0 Å². The molecule has 0 radical (unpaired) electrons. The maximum atomic E-state index is 12.4. The van der Waals surface area contributed by atoms with Crippen molar-refractivity contribution in [2.24, 2.45) is 0 Å². The standard InChI is InChI=1S/C19H18ClN3O2S/c20-16-3-1-13(2-4-16)17(24)11-23-8-5-14(6-9-23)18-21-22-19(25-18)15-7-10-26-12-15/h1-4,7,10,12,14H,5-6,8-9,11H2. The molecular weight excluding hydrogens is 370 g/mol. The maximum absolute atomic E-state index is 12.4. The Kier molecular flexibility index (Phi) is 5.15. The van der Waals surface area contributed by atoms with E-state index >= 15 is 0 Å². The van der Waals surface area contributed by atoms with Gasteiger partial charge in [-0.05, 0) is 61.6 Å². The van der Waals surface area contributed by atoms with Crippen LogP contribution in [-0.2, 0) is 0 Å². The van der Waals surface area contributed by atoms with Crippen LogP contribution in [0.2, 0.25) is 5.02 Å². The van der Waals surface area contributed by atoms with E-state index in [2.05, 4.69) is 15.1 Å². The fourth-order valence-corrected chi connectivity index (χ4v) is 3.93. The summed E-state index contributed by atoms with van der Waals surface area (Å²) in [6.45, 7) is 2.12. The van der Waals surface area contributed by atoms with Crippen LogP contribution in [0.25, 0.3) is 11.5 Å². The van der Waals surface area contributed by atoms with E-state index in [4.69, 9.17) is 16.0 Å². The highest BCUT2D eigenvalue weighted by atomic mass is 35.5. The molecule has 1 aromatic carbocycles. The van der Waals surface area contributed by atoms with Gasteiger partial charge < -0.3 is 4.42 Å². The summed E-state index contributed by atoms with van der Waals surface area (Å²) in [7, 11) is 0. The van der Waals surface area contributed by atoms with Crippen LogP contribution in [0.4, 0.5) is 0 Å². The molecule has 4 rings (SSSR count). The molecule has 0 bridgehead atoms. The topological polar surface area (TPSA) is 59.2 Å². The summed E-state index contributed by atoms with van der Waals surface area (Å²) in [6, 6.07) is 9.04. The number of carbonyl (C=O) groups is 1. The molecule has 134 valence electrons. The van der Waals surface area contributed by atoms with Gasteiger partial charge in [0.15, 0.2) is 5.78 Å². The number of likely N-dealkylation sites (tertiary alicyclic amines) is 1. The zero-order valence-electron chi connectivity index (χ0n) is 14.1. The van der Waals surface area contributed by atoms with Gasteiger partial charge in [0, 0.05) is 27.4 Å². The first-order valence-electron chi connectivity index (χ1n) is 8.56. The lowest BCUT2D eigenvalue weighted by molar-refractivity contribution is 0.0906. The second-order valence-corrected chi connectivity index (χ2v) is 7.65. The Balaban J connectivity index is 1.33. The fourth-order valence-electron chi connectivity index (χ4n) is 3.17.